The van der Waals surface area contributed by atoms with E-state index in [-0.39, 0.29) is 24.1 Å². The molecular weight excluding hydrogens is 461 g/mol. The molecule has 2 amide bonds. The van der Waals surface area contributed by atoms with E-state index >= 15 is 4.39 Å². The summed E-state index contributed by atoms with van der Waals surface area (Å²) in [5, 5.41) is 0.546. The molecule has 4 aromatic rings. The van der Waals surface area contributed by atoms with Crippen LogP contribution in [0, 0.1) is 5.82 Å². The van der Waals surface area contributed by atoms with E-state index in [1.54, 1.807) is 49.1 Å². The molecule has 2 aromatic carbocycles. The number of halogens is 3. The Morgan fingerprint density at radius 2 is 1.91 bits per heavy atom. The van der Waals surface area contributed by atoms with Crippen molar-refractivity contribution in [3.63, 3.8) is 0 Å². The van der Waals surface area contributed by atoms with Gasteiger partial charge in [0.1, 0.15) is 29.4 Å². The number of nitrogen functional groups attached to an aromatic ring is 1. The van der Waals surface area contributed by atoms with Gasteiger partial charge >= 0.3 is 12.6 Å². The molecule has 1 atom stereocenters. The summed E-state index contributed by atoms with van der Waals surface area (Å²) in [4.78, 5) is 24.1. The molecule has 2 N–H and O–H groups in total. The zero-order chi connectivity index (χ0) is 24.9. The van der Waals surface area contributed by atoms with E-state index in [1.165, 1.54) is 34.3 Å². The van der Waals surface area contributed by atoms with Gasteiger partial charge in [-0.1, -0.05) is 12.1 Å². The maximum atomic E-state index is 15.3. The van der Waals surface area contributed by atoms with Crippen LogP contribution in [0.5, 0.6) is 5.75 Å². The SMILES string of the molecule is CN1C(=O)N(c2ccc(-c3cn(C)c4ncnc(N)c34)c(F)c2)CC1c1cccc(OC(F)F)c1. The van der Waals surface area contributed by atoms with Crippen molar-refractivity contribution in [3.05, 3.63) is 66.4 Å². The number of anilines is 2. The largest absolute Gasteiger partial charge is 0.435 e. The average molecular weight is 482 g/mol. The van der Waals surface area contributed by atoms with Gasteiger partial charge in [0.15, 0.2) is 0 Å². The summed E-state index contributed by atoms with van der Waals surface area (Å²) in [5.74, 6) is -0.290. The van der Waals surface area contributed by atoms with Crippen LogP contribution in [0.2, 0.25) is 0 Å². The number of nitrogens with two attached hydrogens (primary N) is 1. The smallest absolute Gasteiger partial charge is 0.387 e. The van der Waals surface area contributed by atoms with Crippen molar-refractivity contribution in [2.45, 2.75) is 12.7 Å². The van der Waals surface area contributed by atoms with Gasteiger partial charge in [-0.25, -0.2) is 19.2 Å². The number of amides is 2. The number of rotatable bonds is 5. The van der Waals surface area contributed by atoms with Crippen molar-refractivity contribution in [1.82, 2.24) is 19.4 Å². The number of likely N-dealkylation sites (N-methyl/N-ethyl adjacent to an activating group) is 1. The predicted molar refractivity (Wildman–Crippen MR) is 125 cm³/mol. The Morgan fingerprint density at radius 3 is 2.66 bits per heavy atom. The highest BCUT2D eigenvalue weighted by Gasteiger charge is 2.37. The van der Waals surface area contributed by atoms with Crippen LogP contribution in [-0.4, -0.2) is 45.7 Å². The molecule has 0 radical (unpaired) electrons. The van der Waals surface area contributed by atoms with Crippen LogP contribution in [0.3, 0.4) is 0 Å². The van der Waals surface area contributed by atoms with Gasteiger partial charge in [-0.15, -0.1) is 0 Å². The summed E-state index contributed by atoms with van der Waals surface area (Å²) in [6, 6.07) is 9.97. The number of hydrogen-bond donors (Lipinski definition) is 1. The first kappa shape index (κ1) is 22.5. The molecule has 11 heteroatoms. The van der Waals surface area contributed by atoms with Gasteiger partial charge in [0.05, 0.1) is 18.0 Å². The minimum atomic E-state index is -2.95. The Morgan fingerprint density at radius 1 is 1.11 bits per heavy atom. The highest BCUT2D eigenvalue weighted by molar-refractivity contribution is 6.01. The minimum absolute atomic E-state index is 0.00513. The van der Waals surface area contributed by atoms with Crippen LogP contribution in [0.1, 0.15) is 11.6 Å². The highest BCUT2D eigenvalue weighted by Crippen LogP contribution is 2.37. The Kier molecular flexibility index (Phi) is 5.46. The first-order valence-electron chi connectivity index (χ1n) is 10.7. The zero-order valence-corrected chi connectivity index (χ0v) is 18.8. The van der Waals surface area contributed by atoms with Crippen molar-refractivity contribution >= 4 is 28.6 Å². The molecular formula is C24H21F3N6O2. The quantitative estimate of drug-likeness (QED) is 0.450. The molecule has 0 aliphatic carbocycles. The molecule has 0 saturated carbocycles. The lowest BCUT2D eigenvalue weighted by molar-refractivity contribution is -0.0499. The standard InChI is InChI=1S/C24H21F3N6O2/c1-31-10-17(20-21(28)29-12-30-22(20)31)16-7-6-14(9-18(16)25)33-11-19(32(2)24(33)34)13-4-3-5-15(8-13)35-23(26)27/h3-10,12,19,23H,11H2,1-2H3,(H2,28,29,30). The van der Waals surface area contributed by atoms with Crippen molar-refractivity contribution in [1.29, 1.82) is 0 Å². The lowest BCUT2D eigenvalue weighted by Crippen LogP contribution is -2.29. The second-order valence-electron chi connectivity index (χ2n) is 8.25. The molecule has 1 saturated heterocycles. The van der Waals surface area contributed by atoms with Gasteiger partial charge in [0, 0.05) is 37.1 Å². The number of carbonyl (C=O) groups excluding carboxylic acids is 1. The number of carbonyl (C=O) groups is 1. The summed E-state index contributed by atoms with van der Waals surface area (Å²) < 4.78 is 46.8. The number of aromatic nitrogens is 3. The fraction of sp³-hybridized carbons (Fsp3) is 0.208. The van der Waals surface area contributed by atoms with Crippen LogP contribution in [0.15, 0.2) is 55.0 Å². The normalized spacial score (nSPS) is 16.1. The number of nitrogens with zero attached hydrogens (tertiary/aromatic N) is 5. The second kappa shape index (κ2) is 8.49. The molecule has 1 unspecified atom stereocenters. The van der Waals surface area contributed by atoms with E-state index in [0.29, 0.717) is 33.4 Å². The summed E-state index contributed by atoms with van der Waals surface area (Å²) in [6.45, 7) is -2.74. The Balaban J connectivity index is 1.46. The fourth-order valence-electron chi connectivity index (χ4n) is 4.47. The van der Waals surface area contributed by atoms with Crippen LogP contribution in [-0.2, 0) is 7.05 Å². The summed E-state index contributed by atoms with van der Waals surface area (Å²) in [7, 11) is 3.39. The molecule has 2 aromatic heterocycles. The molecule has 0 bridgehead atoms. The van der Waals surface area contributed by atoms with E-state index in [2.05, 4.69) is 14.7 Å². The van der Waals surface area contributed by atoms with Gasteiger partial charge in [-0.05, 0) is 35.9 Å². The third-order valence-electron chi connectivity index (χ3n) is 6.16. The van der Waals surface area contributed by atoms with Gasteiger partial charge in [0.2, 0.25) is 0 Å². The van der Waals surface area contributed by atoms with Gasteiger partial charge in [0.25, 0.3) is 0 Å². The van der Waals surface area contributed by atoms with Crippen LogP contribution in [0.25, 0.3) is 22.2 Å². The summed E-state index contributed by atoms with van der Waals surface area (Å²) in [5.41, 5.74) is 8.45. The fourth-order valence-corrected chi connectivity index (χ4v) is 4.47. The zero-order valence-electron chi connectivity index (χ0n) is 18.8. The van der Waals surface area contributed by atoms with Gasteiger partial charge in [-0.3, -0.25) is 4.90 Å². The highest BCUT2D eigenvalue weighted by atomic mass is 19.3. The Labute approximate surface area is 198 Å². The number of hydrogen-bond acceptors (Lipinski definition) is 5. The first-order valence-corrected chi connectivity index (χ1v) is 10.7. The third-order valence-corrected chi connectivity index (χ3v) is 6.16. The number of fused-ring (bicyclic) bond motifs is 1. The number of benzene rings is 2. The monoisotopic (exact) mass is 482 g/mol. The molecule has 8 nitrogen and oxygen atoms in total. The lowest BCUT2D eigenvalue weighted by atomic mass is 10.0. The number of ether oxygens (including phenoxy) is 1. The number of aryl methyl sites for hydroxylation is 1. The summed E-state index contributed by atoms with van der Waals surface area (Å²) >= 11 is 0. The van der Waals surface area contributed by atoms with Crippen molar-refractivity contribution in [2.24, 2.45) is 7.05 Å². The van der Waals surface area contributed by atoms with E-state index in [0.717, 1.165) is 0 Å². The molecule has 1 aliphatic rings. The molecule has 5 rings (SSSR count). The Bertz CT molecular complexity index is 1440. The molecule has 1 fully saturated rings. The number of alkyl halides is 2. The first-order chi connectivity index (χ1) is 16.7. The lowest BCUT2D eigenvalue weighted by Gasteiger charge is -2.18. The molecule has 35 heavy (non-hydrogen) atoms. The van der Waals surface area contributed by atoms with Crippen LogP contribution < -0.4 is 15.4 Å². The Hall–Kier alpha value is -4.28. The van der Waals surface area contributed by atoms with Gasteiger partial charge < -0.3 is 19.9 Å². The average Bonchev–Trinajstić information content (AvgIpc) is 3.31. The maximum Gasteiger partial charge on any atom is 0.387 e. The predicted octanol–water partition coefficient (Wildman–Crippen LogP) is 4.57. The second-order valence-corrected chi connectivity index (χ2v) is 8.25. The molecule has 0 spiro atoms. The van der Waals surface area contributed by atoms with Crippen LogP contribution in [0.4, 0.5) is 29.5 Å². The third kappa shape index (κ3) is 3.88. The van der Waals surface area contributed by atoms with E-state index < -0.39 is 18.5 Å². The number of urea groups is 1. The van der Waals surface area contributed by atoms with E-state index in [1.807, 2.05) is 0 Å². The van der Waals surface area contributed by atoms with Crippen LogP contribution >= 0.6 is 0 Å². The van der Waals surface area contributed by atoms with Crippen molar-refractivity contribution in [2.75, 3.05) is 24.2 Å². The molecule has 3 heterocycles. The van der Waals surface area contributed by atoms with Crippen molar-refractivity contribution < 1.29 is 22.7 Å². The van der Waals surface area contributed by atoms with Crippen molar-refractivity contribution in [3.8, 4) is 16.9 Å². The minimum Gasteiger partial charge on any atom is -0.435 e. The molecule has 1 aliphatic heterocycles. The van der Waals surface area contributed by atoms with Gasteiger partial charge in [-0.2, -0.15) is 8.78 Å². The maximum absolute atomic E-state index is 15.3. The topological polar surface area (TPSA) is 89.5 Å². The van der Waals surface area contributed by atoms with E-state index in [9.17, 15) is 13.6 Å². The van der Waals surface area contributed by atoms with E-state index in [4.69, 9.17) is 5.73 Å². The summed E-state index contributed by atoms with van der Waals surface area (Å²) in [6.07, 6.45) is 3.08. The molecule has 180 valence electrons.